The fourth-order valence-electron chi connectivity index (χ4n) is 3.57. The molecule has 2 heterocycles. The Kier molecular flexibility index (Phi) is 6.50. The van der Waals surface area contributed by atoms with Crippen molar-refractivity contribution >= 4 is 11.8 Å². The molecule has 2 aliphatic rings. The highest BCUT2D eigenvalue weighted by Gasteiger charge is 2.22. The summed E-state index contributed by atoms with van der Waals surface area (Å²) in [5.41, 5.74) is 2.24. The quantitative estimate of drug-likeness (QED) is 0.769. The summed E-state index contributed by atoms with van der Waals surface area (Å²) in [6, 6.07) is 6.23. The van der Waals surface area contributed by atoms with Crippen LogP contribution < -0.4 is 15.4 Å². The predicted molar refractivity (Wildman–Crippen MR) is 100 cm³/mol. The third-order valence-corrected chi connectivity index (χ3v) is 5.01. The van der Waals surface area contributed by atoms with Crippen molar-refractivity contribution in [1.29, 1.82) is 0 Å². The lowest BCUT2D eigenvalue weighted by atomic mass is 10.0. The second-order valence-corrected chi connectivity index (χ2v) is 7.19. The maximum absolute atomic E-state index is 12.3. The van der Waals surface area contributed by atoms with Crippen LogP contribution in [0.1, 0.15) is 37.3 Å². The lowest BCUT2D eigenvalue weighted by Crippen LogP contribution is -2.47. The van der Waals surface area contributed by atoms with Crippen LogP contribution in [-0.4, -0.2) is 55.5 Å². The Hall–Kier alpha value is -2.08. The number of nitrogens with one attached hydrogen (secondary N) is 2. The lowest BCUT2D eigenvalue weighted by Gasteiger charge is -2.31. The van der Waals surface area contributed by atoms with Crippen LogP contribution in [0.25, 0.3) is 0 Å². The zero-order valence-corrected chi connectivity index (χ0v) is 15.6. The van der Waals surface area contributed by atoms with Crippen LogP contribution in [0.4, 0.5) is 0 Å². The molecular formula is C20H29N3O3. The molecule has 1 saturated heterocycles. The normalized spacial score (nSPS) is 17.4. The Morgan fingerprint density at radius 3 is 2.81 bits per heavy atom. The van der Waals surface area contributed by atoms with Gasteiger partial charge in [0, 0.05) is 32.1 Å². The zero-order chi connectivity index (χ0) is 18.4. The van der Waals surface area contributed by atoms with E-state index < -0.39 is 0 Å². The molecule has 142 valence electrons. The average molecular weight is 359 g/mol. The number of fused-ring (bicyclic) bond motifs is 1. The SMILES string of the molecule is CCCNC(=O)CN1CCC(NC(=O)Cc2ccc3c(c2)CCO3)CC1. The average Bonchev–Trinajstić information content (AvgIpc) is 3.09. The van der Waals surface area contributed by atoms with Crippen LogP contribution in [0.3, 0.4) is 0 Å². The first-order valence-electron chi connectivity index (χ1n) is 9.67. The van der Waals surface area contributed by atoms with Gasteiger partial charge in [-0.05, 0) is 36.5 Å². The van der Waals surface area contributed by atoms with Gasteiger partial charge in [-0.2, -0.15) is 0 Å². The molecule has 0 aromatic heterocycles. The number of rotatable bonds is 7. The van der Waals surface area contributed by atoms with Crippen molar-refractivity contribution < 1.29 is 14.3 Å². The molecule has 0 aliphatic carbocycles. The predicted octanol–water partition coefficient (Wildman–Crippen LogP) is 1.27. The standard InChI is InChI=1S/C20H29N3O3/c1-2-8-21-20(25)14-23-9-5-17(6-10-23)22-19(24)13-15-3-4-18-16(12-15)7-11-26-18/h3-4,12,17H,2,5-11,13-14H2,1H3,(H,21,25)(H,22,24). The van der Waals surface area contributed by atoms with Crippen molar-refractivity contribution in [2.75, 3.05) is 32.8 Å². The Bertz CT molecular complexity index is 639. The van der Waals surface area contributed by atoms with Gasteiger partial charge in [0.15, 0.2) is 0 Å². The van der Waals surface area contributed by atoms with E-state index in [1.807, 2.05) is 19.1 Å². The molecule has 2 N–H and O–H groups in total. The van der Waals surface area contributed by atoms with Gasteiger partial charge < -0.3 is 15.4 Å². The molecule has 0 unspecified atom stereocenters. The van der Waals surface area contributed by atoms with Crippen molar-refractivity contribution in [2.45, 2.75) is 45.1 Å². The second-order valence-electron chi connectivity index (χ2n) is 7.19. The molecule has 0 spiro atoms. The molecule has 3 rings (SSSR count). The Morgan fingerprint density at radius 1 is 1.23 bits per heavy atom. The first-order valence-corrected chi connectivity index (χ1v) is 9.67. The van der Waals surface area contributed by atoms with Crippen LogP contribution >= 0.6 is 0 Å². The summed E-state index contributed by atoms with van der Waals surface area (Å²) < 4.78 is 5.51. The summed E-state index contributed by atoms with van der Waals surface area (Å²) in [5, 5.41) is 6.05. The van der Waals surface area contributed by atoms with E-state index in [2.05, 4.69) is 21.6 Å². The molecule has 0 bridgehead atoms. The van der Waals surface area contributed by atoms with E-state index in [9.17, 15) is 9.59 Å². The smallest absolute Gasteiger partial charge is 0.234 e. The van der Waals surface area contributed by atoms with Gasteiger partial charge in [-0.1, -0.05) is 19.1 Å². The molecular weight excluding hydrogens is 330 g/mol. The van der Waals surface area contributed by atoms with Crippen LogP contribution in [0, 0.1) is 0 Å². The van der Waals surface area contributed by atoms with E-state index in [0.717, 1.165) is 63.2 Å². The van der Waals surface area contributed by atoms with Crippen molar-refractivity contribution in [3.8, 4) is 5.75 Å². The third kappa shape index (κ3) is 5.21. The number of ether oxygens (including phenoxy) is 1. The molecule has 2 amide bonds. The van der Waals surface area contributed by atoms with Gasteiger partial charge in [0.1, 0.15) is 5.75 Å². The van der Waals surface area contributed by atoms with Crippen molar-refractivity contribution in [3.63, 3.8) is 0 Å². The minimum Gasteiger partial charge on any atom is -0.493 e. The highest BCUT2D eigenvalue weighted by Crippen LogP contribution is 2.26. The number of benzene rings is 1. The second kappa shape index (κ2) is 9.03. The highest BCUT2D eigenvalue weighted by atomic mass is 16.5. The van der Waals surface area contributed by atoms with Gasteiger partial charge in [0.2, 0.25) is 11.8 Å². The summed E-state index contributed by atoms with van der Waals surface area (Å²) in [6.07, 6.45) is 4.08. The van der Waals surface area contributed by atoms with E-state index in [1.165, 1.54) is 5.56 Å². The number of nitrogens with zero attached hydrogens (tertiary/aromatic N) is 1. The minimum atomic E-state index is 0.0722. The van der Waals surface area contributed by atoms with E-state index in [-0.39, 0.29) is 17.9 Å². The number of hydrogen-bond acceptors (Lipinski definition) is 4. The van der Waals surface area contributed by atoms with Crippen molar-refractivity contribution in [2.24, 2.45) is 0 Å². The first-order chi connectivity index (χ1) is 12.6. The zero-order valence-electron chi connectivity index (χ0n) is 15.6. The molecule has 0 atom stereocenters. The number of carbonyl (C=O) groups excluding carboxylic acids is 2. The largest absolute Gasteiger partial charge is 0.493 e. The van der Waals surface area contributed by atoms with Gasteiger partial charge in [0.25, 0.3) is 0 Å². The topological polar surface area (TPSA) is 70.7 Å². The molecule has 26 heavy (non-hydrogen) atoms. The number of amides is 2. The van der Waals surface area contributed by atoms with E-state index >= 15 is 0 Å². The third-order valence-electron chi connectivity index (χ3n) is 5.01. The van der Waals surface area contributed by atoms with Crippen LogP contribution in [0.2, 0.25) is 0 Å². The molecule has 1 fully saturated rings. The highest BCUT2D eigenvalue weighted by molar-refractivity contribution is 5.79. The number of hydrogen-bond donors (Lipinski definition) is 2. The van der Waals surface area contributed by atoms with Gasteiger partial charge >= 0.3 is 0 Å². The number of piperidine rings is 1. The van der Waals surface area contributed by atoms with Crippen LogP contribution in [-0.2, 0) is 22.4 Å². The fraction of sp³-hybridized carbons (Fsp3) is 0.600. The van der Waals surface area contributed by atoms with Gasteiger partial charge in [-0.3, -0.25) is 14.5 Å². The maximum Gasteiger partial charge on any atom is 0.234 e. The summed E-state index contributed by atoms with van der Waals surface area (Å²) in [6.45, 7) is 5.67. The van der Waals surface area contributed by atoms with Crippen LogP contribution in [0.15, 0.2) is 18.2 Å². The summed E-state index contributed by atoms with van der Waals surface area (Å²) in [5.74, 6) is 1.11. The molecule has 0 saturated carbocycles. The van der Waals surface area contributed by atoms with Crippen molar-refractivity contribution in [3.05, 3.63) is 29.3 Å². The first kappa shape index (κ1) is 18.7. The molecule has 2 aliphatic heterocycles. The Morgan fingerprint density at radius 2 is 2.04 bits per heavy atom. The molecule has 6 nitrogen and oxygen atoms in total. The monoisotopic (exact) mass is 359 g/mol. The fourth-order valence-corrected chi connectivity index (χ4v) is 3.57. The summed E-state index contributed by atoms with van der Waals surface area (Å²) in [4.78, 5) is 26.3. The van der Waals surface area contributed by atoms with E-state index in [0.29, 0.717) is 13.0 Å². The van der Waals surface area contributed by atoms with Gasteiger partial charge in [0.05, 0.1) is 19.6 Å². The Balaban J connectivity index is 1.39. The maximum atomic E-state index is 12.3. The minimum absolute atomic E-state index is 0.0722. The summed E-state index contributed by atoms with van der Waals surface area (Å²) >= 11 is 0. The van der Waals surface area contributed by atoms with Crippen molar-refractivity contribution in [1.82, 2.24) is 15.5 Å². The van der Waals surface area contributed by atoms with Gasteiger partial charge in [-0.25, -0.2) is 0 Å². The Labute approximate surface area is 155 Å². The van der Waals surface area contributed by atoms with E-state index in [4.69, 9.17) is 4.74 Å². The van der Waals surface area contributed by atoms with E-state index in [1.54, 1.807) is 0 Å². The summed E-state index contributed by atoms with van der Waals surface area (Å²) in [7, 11) is 0. The molecule has 1 aromatic rings. The number of likely N-dealkylation sites (tertiary alicyclic amines) is 1. The van der Waals surface area contributed by atoms with Crippen LogP contribution in [0.5, 0.6) is 5.75 Å². The molecule has 0 radical (unpaired) electrons. The molecule has 1 aromatic carbocycles. The lowest BCUT2D eigenvalue weighted by molar-refractivity contribution is -0.124. The molecule has 6 heteroatoms. The van der Waals surface area contributed by atoms with Gasteiger partial charge in [-0.15, -0.1) is 0 Å². The number of carbonyl (C=O) groups is 2.